The van der Waals surface area contributed by atoms with Gasteiger partial charge in [-0.3, -0.25) is 4.79 Å². The normalized spacial score (nSPS) is 10.4. The average Bonchev–Trinajstić information content (AvgIpc) is 2.64. The number of hydrogen-bond acceptors (Lipinski definition) is 1. The summed E-state index contributed by atoms with van der Waals surface area (Å²) in [6.45, 7) is 0. The Bertz CT molecular complexity index is 528. The first-order valence-electron chi connectivity index (χ1n) is 4.41. The zero-order valence-electron chi connectivity index (χ0n) is 7.95. The Labute approximate surface area is 101 Å². The molecule has 82 valence electrons. The van der Waals surface area contributed by atoms with E-state index in [0.717, 1.165) is 12.1 Å². The topological polar surface area (TPSA) is 22.0 Å². The molecule has 0 radical (unpaired) electrons. The molecule has 0 N–H and O–H groups in total. The van der Waals surface area contributed by atoms with Crippen molar-refractivity contribution in [2.24, 2.45) is 0 Å². The molecular formula is C11H6Cl2FNO. The maximum Gasteiger partial charge on any atom is 0.166 e. The first kappa shape index (κ1) is 11.2. The molecule has 2 aromatic rings. The Balaban J connectivity index is 2.69. The average molecular weight is 258 g/mol. The summed E-state index contributed by atoms with van der Waals surface area (Å²) in [5.41, 5.74) is 0.798. The minimum absolute atomic E-state index is 0.157. The van der Waals surface area contributed by atoms with E-state index in [1.165, 1.54) is 4.57 Å². The van der Waals surface area contributed by atoms with E-state index in [2.05, 4.69) is 0 Å². The van der Waals surface area contributed by atoms with Gasteiger partial charge in [0.2, 0.25) is 0 Å². The smallest absolute Gasteiger partial charge is 0.166 e. The van der Waals surface area contributed by atoms with Crippen molar-refractivity contribution in [3.8, 4) is 5.69 Å². The van der Waals surface area contributed by atoms with E-state index in [1.807, 2.05) is 0 Å². The van der Waals surface area contributed by atoms with Gasteiger partial charge in [-0.05, 0) is 24.3 Å². The molecule has 2 rings (SSSR count). The standard InChI is InChI=1S/C11H6Cl2FNO/c12-9-4-7(14)5-10(13)11(9)15-3-1-2-8(15)6-16/h1-6H. The fraction of sp³-hybridized carbons (Fsp3) is 0. The van der Waals surface area contributed by atoms with Crippen molar-refractivity contribution in [1.29, 1.82) is 0 Å². The molecule has 1 heterocycles. The van der Waals surface area contributed by atoms with Crippen LogP contribution in [-0.4, -0.2) is 10.9 Å². The summed E-state index contributed by atoms with van der Waals surface area (Å²) in [6.07, 6.45) is 2.31. The van der Waals surface area contributed by atoms with E-state index in [9.17, 15) is 9.18 Å². The van der Waals surface area contributed by atoms with Crippen LogP contribution in [0.2, 0.25) is 10.0 Å². The quantitative estimate of drug-likeness (QED) is 0.752. The highest BCUT2D eigenvalue weighted by Crippen LogP contribution is 2.30. The van der Waals surface area contributed by atoms with Crippen LogP contribution in [0.25, 0.3) is 5.69 Å². The first-order valence-corrected chi connectivity index (χ1v) is 5.16. The van der Waals surface area contributed by atoms with Crippen LogP contribution >= 0.6 is 23.2 Å². The van der Waals surface area contributed by atoms with Gasteiger partial charge in [-0.1, -0.05) is 23.2 Å². The third kappa shape index (κ3) is 1.84. The highest BCUT2D eigenvalue weighted by atomic mass is 35.5. The molecule has 1 aromatic heterocycles. The number of aldehydes is 1. The number of halogens is 3. The molecular weight excluding hydrogens is 252 g/mol. The number of carbonyl (C=O) groups is 1. The lowest BCUT2D eigenvalue weighted by atomic mass is 10.3. The molecule has 0 spiro atoms. The van der Waals surface area contributed by atoms with Gasteiger partial charge < -0.3 is 4.57 Å². The number of nitrogens with zero attached hydrogens (tertiary/aromatic N) is 1. The second kappa shape index (κ2) is 4.28. The summed E-state index contributed by atoms with van der Waals surface area (Å²) in [5, 5.41) is 0.314. The van der Waals surface area contributed by atoms with Crippen LogP contribution in [0, 0.1) is 5.82 Å². The Morgan fingerprint density at radius 1 is 1.25 bits per heavy atom. The van der Waals surface area contributed by atoms with Gasteiger partial charge in [0, 0.05) is 6.20 Å². The molecule has 0 aliphatic rings. The van der Waals surface area contributed by atoms with Gasteiger partial charge in [0.05, 0.1) is 21.4 Å². The Kier molecular flexibility index (Phi) is 2.99. The summed E-state index contributed by atoms with van der Waals surface area (Å²) < 4.78 is 14.5. The Hall–Kier alpha value is -1.32. The molecule has 0 fully saturated rings. The van der Waals surface area contributed by atoms with Crippen molar-refractivity contribution in [3.05, 3.63) is 52.0 Å². The largest absolute Gasteiger partial charge is 0.311 e. The van der Waals surface area contributed by atoms with Crippen LogP contribution in [-0.2, 0) is 0 Å². The second-order valence-electron chi connectivity index (χ2n) is 3.14. The van der Waals surface area contributed by atoms with Gasteiger partial charge in [-0.25, -0.2) is 4.39 Å². The van der Waals surface area contributed by atoms with Crippen LogP contribution in [0.3, 0.4) is 0 Å². The number of aromatic nitrogens is 1. The summed E-state index contributed by atoms with van der Waals surface area (Å²) in [6, 6.07) is 5.59. The SMILES string of the molecule is O=Cc1cccn1-c1c(Cl)cc(F)cc1Cl. The summed E-state index contributed by atoms with van der Waals surface area (Å²) in [5.74, 6) is -0.515. The molecule has 0 aliphatic heterocycles. The third-order valence-electron chi connectivity index (χ3n) is 2.12. The highest BCUT2D eigenvalue weighted by molar-refractivity contribution is 6.37. The van der Waals surface area contributed by atoms with Crippen LogP contribution in [0.15, 0.2) is 30.5 Å². The van der Waals surface area contributed by atoms with Gasteiger partial charge in [0.15, 0.2) is 6.29 Å². The lowest BCUT2D eigenvalue weighted by Gasteiger charge is -2.10. The van der Waals surface area contributed by atoms with Gasteiger partial charge in [-0.2, -0.15) is 0 Å². The molecule has 0 bridgehead atoms. The number of benzene rings is 1. The molecule has 16 heavy (non-hydrogen) atoms. The second-order valence-corrected chi connectivity index (χ2v) is 3.95. The number of carbonyl (C=O) groups excluding carboxylic acids is 1. The summed E-state index contributed by atoms with van der Waals surface area (Å²) >= 11 is 11.8. The van der Waals surface area contributed by atoms with Crippen molar-refractivity contribution >= 4 is 29.5 Å². The molecule has 0 saturated carbocycles. The van der Waals surface area contributed by atoms with E-state index >= 15 is 0 Å². The molecule has 1 aromatic carbocycles. The van der Waals surface area contributed by atoms with Gasteiger partial charge in [0.1, 0.15) is 5.82 Å². The van der Waals surface area contributed by atoms with Crippen molar-refractivity contribution in [1.82, 2.24) is 4.57 Å². The molecule has 2 nitrogen and oxygen atoms in total. The maximum absolute atomic E-state index is 13.0. The Morgan fingerprint density at radius 3 is 2.44 bits per heavy atom. The van der Waals surface area contributed by atoms with E-state index in [0.29, 0.717) is 17.7 Å². The van der Waals surface area contributed by atoms with Crippen LogP contribution in [0.1, 0.15) is 10.5 Å². The fourth-order valence-electron chi connectivity index (χ4n) is 1.46. The minimum atomic E-state index is -0.515. The van der Waals surface area contributed by atoms with Crippen molar-refractivity contribution < 1.29 is 9.18 Å². The minimum Gasteiger partial charge on any atom is -0.311 e. The monoisotopic (exact) mass is 257 g/mol. The van der Waals surface area contributed by atoms with Crippen LogP contribution in [0.5, 0.6) is 0 Å². The summed E-state index contributed by atoms with van der Waals surface area (Å²) in [7, 11) is 0. The zero-order valence-corrected chi connectivity index (χ0v) is 9.47. The van der Waals surface area contributed by atoms with Crippen LogP contribution < -0.4 is 0 Å². The summed E-state index contributed by atoms with van der Waals surface area (Å²) in [4.78, 5) is 10.8. The zero-order chi connectivity index (χ0) is 11.7. The van der Waals surface area contributed by atoms with E-state index < -0.39 is 5.82 Å². The lowest BCUT2D eigenvalue weighted by Crippen LogP contribution is -1.99. The predicted molar refractivity (Wildman–Crippen MR) is 61.1 cm³/mol. The number of hydrogen-bond donors (Lipinski definition) is 0. The molecule has 0 unspecified atom stereocenters. The predicted octanol–water partition coefficient (Wildman–Crippen LogP) is 3.74. The van der Waals surface area contributed by atoms with Crippen molar-refractivity contribution in [2.45, 2.75) is 0 Å². The molecule has 0 amide bonds. The molecule has 0 atom stereocenters. The molecule has 0 aliphatic carbocycles. The van der Waals surface area contributed by atoms with Crippen LogP contribution in [0.4, 0.5) is 4.39 Å². The van der Waals surface area contributed by atoms with Gasteiger partial charge >= 0.3 is 0 Å². The number of rotatable bonds is 2. The first-order chi connectivity index (χ1) is 7.63. The highest BCUT2D eigenvalue weighted by Gasteiger charge is 2.12. The fourth-order valence-corrected chi connectivity index (χ4v) is 2.10. The Morgan fingerprint density at radius 2 is 1.88 bits per heavy atom. The van der Waals surface area contributed by atoms with Crippen molar-refractivity contribution in [3.63, 3.8) is 0 Å². The molecule has 0 saturated heterocycles. The van der Waals surface area contributed by atoms with Gasteiger partial charge in [-0.15, -0.1) is 0 Å². The third-order valence-corrected chi connectivity index (χ3v) is 2.70. The van der Waals surface area contributed by atoms with Gasteiger partial charge in [0.25, 0.3) is 0 Å². The van der Waals surface area contributed by atoms with Crippen molar-refractivity contribution in [2.75, 3.05) is 0 Å². The maximum atomic E-state index is 13.0. The van der Waals surface area contributed by atoms with E-state index in [1.54, 1.807) is 18.3 Å². The molecule has 5 heteroatoms. The van der Waals surface area contributed by atoms with E-state index in [-0.39, 0.29) is 10.0 Å². The van der Waals surface area contributed by atoms with E-state index in [4.69, 9.17) is 23.2 Å². The lowest BCUT2D eigenvalue weighted by molar-refractivity contribution is 0.111.